The van der Waals surface area contributed by atoms with Crippen LogP contribution in [0.4, 0.5) is 19.1 Å². The van der Waals surface area contributed by atoms with Gasteiger partial charge in [0.2, 0.25) is 0 Å². The smallest absolute Gasteiger partial charge is 0.457 e. The number of rotatable bonds is 6. The molecule has 1 aromatic heterocycles. The fourth-order valence-corrected chi connectivity index (χ4v) is 3.23. The summed E-state index contributed by atoms with van der Waals surface area (Å²) in [6.45, 7) is 4.00. The number of aromatic nitrogens is 4. The van der Waals surface area contributed by atoms with Gasteiger partial charge in [-0.2, -0.15) is 5.21 Å². The van der Waals surface area contributed by atoms with E-state index < -0.39 is 6.36 Å². The summed E-state index contributed by atoms with van der Waals surface area (Å²) in [5.41, 5.74) is 1.04. The molecule has 30 heavy (non-hydrogen) atoms. The van der Waals surface area contributed by atoms with E-state index in [0.717, 1.165) is 38.3 Å². The summed E-state index contributed by atoms with van der Waals surface area (Å²) in [5.74, 6) is 1.09. The average molecular weight is 420 g/mol. The fourth-order valence-electron chi connectivity index (χ4n) is 3.23. The van der Waals surface area contributed by atoms with Gasteiger partial charge in [-0.05, 0) is 35.0 Å². The quantitative estimate of drug-likeness (QED) is 0.656. The highest BCUT2D eigenvalue weighted by molar-refractivity contribution is 5.38. The van der Waals surface area contributed by atoms with Crippen molar-refractivity contribution in [1.82, 2.24) is 25.5 Å². The second-order valence-electron chi connectivity index (χ2n) is 6.75. The maximum atomic E-state index is 12.4. The van der Waals surface area contributed by atoms with Gasteiger partial charge in [0.25, 0.3) is 5.95 Å². The molecule has 2 heterocycles. The van der Waals surface area contributed by atoms with Crippen molar-refractivity contribution in [2.24, 2.45) is 0 Å². The zero-order chi connectivity index (χ0) is 21.0. The average Bonchev–Trinajstić information content (AvgIpc) is 3.23. The number of hydrogen-bond donors (Lipinski definition) is 1. The summed E-state index contributed by atoms with van der Waals surface area (Å²) >= 11 is 0. The number of alkyl halides is 3. The summed E-state index contributed by atoms with van der Waals surface area (Å²) in [7, 11) is 0. The summed E-state index contributed by atoms with van der Waals surface area (Å²) in [6.07, 6.45) is -4.74. The Morgan fingerprint density at radius 1 is 0.933 bits per heavy atom. The second kappa shape index (κ2) is 8.57. The molecule has 1 aliphatic heterocycles. The van der Waals surface area contributed by atoms with Gasteiger partial charge in [0.15, 0.2) is 0 Å². The van der Waals surface area contributed by atoms with Crippen molar-refractivity contribution in [3.63, 3.8) is 0 Å². The van der Waals surface area contributed by atoms with Crippen LogP contribution in [0.3, 0.4) is 0 Å². The first-order chi connectivity index (χ1) is 14.4. The van der Waals surface area contributed by atoms with E-state index in [1.54, 1.807) is 12.1 Å². The number of hydrogen-bond acceptors (Lipinski definition) is 7. The molecule has 1 N–H and O–H groups in total. The van der Waals surface area contributed by atoms with Gasteiger partial charge >= 0.3 is 6.36 Å². The third-order valence-electron chi connectivity index (χ3n) is 4.57. The molecule has 8 nitrogen and oxygen atoms in total. The molecule has 0 bridgehead atoms. The number of nitrogens with one attached hydrogen (secondary N) is 1. The van der Waals surface area contributed by atoms with Crippen LogP contribution in [0.2, 0.25) is 0 Å². The summed E-state index contributed by atoms with van der Waals surface area (Å²) in [4.78, 5) is 4.36. The van der Waals surface area contributed by atoms with Gasteiger partial charge in [-0.3, -0.25) is 4.90 Å². The van der Waals surface area contributed by atoms with E-state index in [9.17, 15) is 13.2 Å². The van der Waals surface area contributed by atoms with Crippen LogP contribution in [0.5, 0.6) is 17.2 Å². The van der Waals surface area contributed by atoms with E-state index in [2.05, 4.69) is 35.2 Å². The molecule has 4 rings (SSSR count). The number of piperazine rings is 1. The normalized spacial score (nSPS) is 15.2. The molecule has 0 atom stereocenters. The van der Waals surface area contributed by atoms with E-state index >= 15 is 0 Å². The van der Waals surface area contributed by atoms with Gasteiger partial charge in [0.05, 0.1) is 0 Å². The minimum Gasteiger partial charge on any atom is -0.457 e. The molecule has 1 aliphatic rings. The lowest BCUT2D eigenvalue weighted by molar-refractivity contribution is -0.274. The molecule has 0 radical (unpaired) electrons. The molecule has 0 aliphatic carbocycles. The monoisotopic (exact) mass is 420 g/mol. The van der Waals surface area contributed by atoms with Crippen molar-refractivity contribution in [3.05, 3.63) is 54.1 Å². The van der Waals surface area contributed by atoms with Crippen LogP contribution < -0.4 is 14.4 Å². The van der Waals surface area contributed by atoms with Crippen molar-refractivity contribution in [1.29, 1.82) is 0 Å². The minimum absolute atomic E-state index is 0.266. The van der Waals surface area contributed by atoms with Crippen molar-refractivity contribution in [2.75, 3.05) is 31.1 Å². The fraction of sp³-hybridized carbons (Fsp3) is 0.316. The number of ether oxygens (including phenoxy) is 2. The first-order valence-corrected chi connectivity index (χ1v) is 9.28. The van der Waals surface area contributed by atoms with Crippen LogP contribution in [0, 0.1) is 0 Å². The number of aromatic amines is 1. The van der Waals surface area contributed by atoms with Gasteiger partial charge in [0, 0.05) is 38.8 Å². The number of H-pyrrole nitrogens is 1. The zero-order valence-electron chi connectivity index (χ0n) is 15.8. The third-order valence-corrected chi connectivity index (χ3v) is 4.57. The Morgan fingerprint density at radius 2 is 1.63 bits per heavy atom. The Morgan fingerprint density at radius 3 is 2.33 bits per heavy atom. The Balaban J connectivity index is 1.35. The maximum Gasteiger partial charge on any atom is 0.573 e. The highest BCUT2D eigenvalue weighted by Crippen LogP contribution is 2.29. The Labute approximate surface area is 170 Å². The molecule has 1 fully saturated rings. The predicted molar refractivity (Wildman–Crippen MR) is 101 cm³/mol. The van der Waals surface area contributed by atoms with E-state index in [1.807, 2.05) is 18.2 Å². The van der Waals surface area contributed by atoms with Crippen molar-refractivity contribution >= 4 is 5.95 Å². The topological polar surface area (TPSA) is 79.4 Å². The van der Waals surface area contributed by atoms with Crippen LogP contribution in [-0.2, 0) is 6.54 Å². The number of tetrazole rings is 1. The van der Waals surface area contributed by atoms with Crippen LogP contribution in [-0.4, -0.2) is 58.1 Å². The number of nitrogens with zero attached hydrogens (tertiary/aromatic N) is 5. The molecule has 11 heteroatoms. The zero-order valence-corrected chi connectivity index (χ0v) is 15.8. The summed E-state index contributed by atoms with van der Waals surface area (Å²) in [5, 5.41) is 14.0. The molecule has 158 valence electrons. The summed E-state index contributed by atoms with van der Waals surface area (Å²) < 4.78 is 46.9. The molecule has 0 amide bonds. The van der Waals surface area contributed by atoms with E-state index in [4.69, 9.17) is 4.74 Å². The van der Waals surface area contributed by atoms with Gasteiger partial charge in [-0.15, -0.1) is 18.3 Å². The van der Waals surface area contributed by atoms with Crippen LogP contribution in [0.15, 0.2) is 48.5 Å². The largest absolute Gasteiger partial charge is 0.573 e. The SMILES string of the molecule is FC(F)(F)Oc1cccc(Oc2cccc(CN3CCN(c4nn[nH]n4)CC3)c2)c1. The Bertz CT molecular complexity index is 959. The number of anilines is 1. The molecule has 0 spiro atoms. The first-order valence-electron chi connectivity index (χ1n) is 9.28. The third kappa shape index (κ3) is 5.38. The molecule has 0 saturated carbocycles. The second-order valence-corrected chi connectivity index (χ2v) is 6.75. The van der Waals surface area contributed by atoms with E-state index in [0.29, 0.717) is 11.7 Å². The first kappa shape index (κ1) is 20.0. The lowest BCUT2D eigenvalue weighted by atomic mass is 10.2. The standard InChI is InChI=1S/C19H19F3N6O2/c20-19(21,22)30-17-6-2-5-16(12-17)29-15-4-1-3-14(11-15)13-27-7-9-28(10-8-27)18-23-25-26-24-18/h1-6,11-12H,7-10,13H2,(H,23,24,25,26). The Hall–Kier alpha value is -3.34. The van der Waals surface area contributed by atoms with Gasteiger partial charge in [0.1, 0.15) is 17.2 Å². The van der Waals surface area contributed by atoms with Crippen molar-refractivity contribution < 1.29 is 22.6 Å². The lowest BCUT2D eigenvalue weighted by Gasteiger charge is -2.33. The van der Waals surface area contributed by atoms with Crippen LogP contribution >= 0.6 is 0 Å². The predicted octanol–water partition coefficient (Wildman–Crippen LogP) is 3.21. The molecule has 1 saturated heterocycles. The molecular formula is C19H19F3N6O2. The highest BCUT2D eigenvalue weighted by Gasteiger charge is 2.31. The van der Waals surface area contributed by atoms with Gasteiger partial charge < -0.3 is 14.4 Å². The van der Waals surface area contributed by atoms with Gasteiger partial charge in [-0.1, -0.05) is 23.3 Å². The molecule has 3 aromatic rings. The van der Waals surface area contributed by atoms with Crippen molar-refractivity contribution in [2.45, 2.75) is 12.9 Å². The maximum absolute atomic E-state index is 12.4. The minimum atomic E-state index is -4.74. The lowest BCUT2D eigenvalue weighted by Crippen LogP contribution is -2.46. The molecule has 0 unspecified atom stereocenters. The van der Waals surface area contributed by atoms with E-state index in [-0.39, 0.29) is 11.5 Å². The Kier molecular flexibility index (Phi) is 5.70. The highest BCUT2D eigenvalue weighted by atomic mass is 19.4. The van der Waals surface area contributed by atoms with Crippen LogP contribution in [0.25, 0.3) is 0 Å². The number of benzene rings is 2. The van der Waals surface area contributed by atoms with Crippen molar-refractivity contribution in [3.8, 4) is 17.2 Å². The molecular weight excluding hydrogens is 401 g/mol. The van der Waals surface area contributed by atoms with E-state index in [1.165, 1.54) is 18.2 Å². The summed E-state index contributed by atoms with van der Waals surface area (Å²) in [6, 6.07) is 12.9. The van der Waals surface area contributed by atoms with Gasteiger partial charge in [-0.25, -0.2) is 0 Å². The molecule has 2 aromatic carbocycles. The van der Waals surface area contributed by atoms with Crippen LogP contribution in [0.1, 0.15) is 5.56 Å². The number of halogens is 3.